The molecule has 1 aromatic heterocycles. The number of nitrogens with zero attached hydrogens (tertiary/aromatic N) is 2. The number of rotatable bonds is 4. The van der Waals surface area contributed by atoms with Gasteiger partial charge in [-0.05, 0) is 55.3 Å². The molecule has 2 aromatic rings. The Labute approximate surface area is 180 Å². The summed E-state index contributed by atoms with van der Waals surface area (Å²) < 4.78 is 0.732. The van der Waals surface area contributed by atoms with Crippen molar-refractivity contribution in [1.82, 2.24) is 10.2 Å². The number of anilines is 1. The lowest BCUT2D eigenvalue weighted by Crippen LogP contribution is -2.30. The highest BCUT2D eigenvalue weighted by atomic mass is 35.5. The number of hydrogen-bond acceptors (Lipinski definition) is 4. The Morgan fingerprint density at radius 3 is 2.79 bits per heavy atom. The van der Waals surface area contributed by atoms with E-state index < -0.39 is 0 Å². The number of carbonyl (C=O) groups is 1. The number of amides is 1. The van der Waals surface area contributed by atoms with Crippen LogP contribution in [0.5, 0.6) is 0 Å². The maximum Gasteiger partial charge on any atom is 0.227 e. The van der Waals surface area contributed by atoms with Gasteiger partial charge in [-0.2, -0.15) is 0 Å². The van der Waals surface area contributed by atoms with Crippen LogP contribution in [0.15, 0.2) is 30.3 Å². The van der Waals surface area contributed by atoms with E-state index >= 15 is 0 Å². The normalized spacial score (nSPS) is 20.1. The van der Waals surface area contributed by atoms with E-state index in [-0.39, 0.29) is 11.8 Å². The summed E-state index contributed by atoms with van der Waals surface area (Å²) in [4.78, 5) is 18.6. The molecule has 2 aliphatic heterocycles. The zero-order chi connectivity index (χ0) is 19.7. The SMILES string of the molecule is CN1CCc2ccc(N3CC(CNC(=S)c4ccc(Cl)s4)CC3=O)cc2CC1. The van der Waals surface area contributed by atoms with Crippen LogP contribution < -0.4 is 10.2 Å². The first kappa shape index (κ1) is 19.8. The minimum Gasteiger partial charge on any atom is -0.375 e. The molecule has 2 aliphatic rings. The topological polar surface area (TPSA) is 35.6 Å². The van der Waals surface area contributed by atoms with Gasteiger partial charge >= 0.3 is 0 Å². The molecular formula is C21H24ClN3OS2. The Morgan fingerprint density at radius 1 is 1.25 bits per heavy atom. The number of benzene rings is 1. The molecule has 4 nitrogen and oxygen atoms in total. The van der Waals surface area contributed by atoms with Crippen LogP contribution in [0.1, 0.15) is 22.4 Å². The number of carbonyl (C=O) groups excluding carboxylic acids is 1. The first-order valence-corrected chi connectivity index (χ1v) is 11.2. The van der Waals surface area contributed by atoms with Gasteiger partial charge in [-0.15, -0.1) is 11.3 Å². The van der Waals surface area contributed by atoms with Crippen LogP contribution >= 0.6 is 35.2 Å². The summed E-state index contributed by atoms with van der Waals surface area (Å²) in [6.07, 6.45) is 2.68. The zero-order valence-corrected chi connectivity index (χ0v) is 18.3. The first-order valence-electron chi connectivity index (χ1n) is 9.64. The first-order chi connectivity index (χ1) is 13.5. The summed E-state index contributed by atoms with van der Waals surface area (Å²) in [7, 11) is 2.17. The molecule has 28 heavy (non-hydrogen) atoms. The predicted molar refractivity (Wildman–Crippen MR) is 121 cm³/mol. The van der Waals surface area contributed by atoms with Crippen molar-refractivity contribution < 1.29 is 4.79 Å². The Morgan fingerprint density at radius 2 is 2.04 bits per heavy atom. The summed E-state index contributed by atoms with van der Waals surface area (Å²) in [5.74, 6) is 0.452. The van der Waals surface area contributed by atoms with Crippen LogP contribution in [0.3, 0.4) is 0 Å². The predicted octanol–water partition coefficient (Wildman–Crippen LogP) is 3.75. The van der Waals surface area contributed by atoms with Crippen LogP contribution in [0.2, 0.25) is 4.34 Å². The van der Waals surface area contributed by atoms with E-state index in [0.717, 1.165) is 47.4 Å². The van der Waals surface area contributed by atoms with Gasteiger partial charge in [0, 0.05) is 44.2 Å². The van der Waals surface area contributed by atoms with E-state index in [1.165, 1.54) is 22.5 Å². The zero-order valence-electron chi connectivity index (χ0n) is 15.9. The minimum absolute atomic E-state index is 0.197. The van der Waals surface area contributed by atoms with Crippen LogP contribution in [0.4, 0.5) is 5.69 Å². The molecule has 3 heterocycles. The van der Waals surface area contributed by atoms with Crippen LogP contribution in [-0.4, -0.2) is 49.0 Å². The van der Waals surface area contributed by atoms with Crippen molar-refractivity contribution in [3.63, 3.8) is 0 Å². The fourth-order valence-electron chi connectivity index (χ4n) is 3.92. The highest BCUT2D eigenvalue weighted by molar-refractivity contribution is 7.81. The summed E-state index contributed by atoms with van der Waals surface area (Å²) in [5, 5.41) is 3.31. The van der Waals surface area contributed by atoms with Gasteiger partial charge in [0.2, 0.25) is 5.91 Å². The molecule has 1 amide bonds. The molecule has 7 heteroatoms. The van der Waals surface area contributed by atoms with Gasteiger partial charge in [-0.1, -0.05) is 29.9 Å². The number of thiocarbonyl (C=S) groups is 1. The van der Waals surface area contributed by atoms with Crippen LogP contribution in [-0.2, 0) is 17.6 Å². The quantitative estimate of drug-likeness (QED) is 0.745. The van der Waals surface area contributed by atoms with E-state index in [9.17, 15) is 4.79 Å². The fraction of sp³-hybridized carbons (Fsp3) is 0.429. The number of likely N-dealkylation sites (N-methyl/N-ethyl adjacent to an activating group) is 1. The summed E-state index contributed by atoms with van der Waals surface area (Å²) >= 11 is 12.9. The van der Waals surface area contributed by atoms with Crippen LogP contribution in [0, 0.1) is 5.92 Å². The maximum atomic E-state index is 12.6. The Bertz CT molecular complexity index is 898. The minimum atomic E-state index is 0.197. The van der Waals surface area contributed by atoms with Gasteiger partial charge in [0.1, 0.15) is 4.99 Å². The van der Waals surface area contributed by atoms with Crippen molar-refractivity contribution in [3.8, 4) is 0 Å². The monoisotopic (exact) mass is 433 g/mol. The van der Waals surface area contributed by atoms with E-state index in [4.69, 9.17) is 23.8 Å². The summed E-state index contributed by atoms with van der Waals surface area (Å²) in [5.41, 5.74) is 3.83. The summed E-state index contributed by atoms with van der Waals surface area (Å²) in [6.45, 7) is 3.60. The second-order valence-electron chi connectivity index (χ2n) is 7.64. The van der Waals surface area contributed by atoms with E-state index in [1.54, 1.807) is 0 Å². The molecule has 148 valence electrons. The van der Waals surface area contributed by atoms with Gasteiger partial charge in [-0.25, -0.2) is 0 Å². The number of halogens is 1. The molecule has 1 unspecified atom stereocenters. The van der Waals surface area contributed by atoms with Crippen molar-refractivity contribution >= 4 is 51.7 Å². The van der Waals surface area contributed by atoms with Gasteiger partial charge in [-0.3, -0.25) is 4.79 Å². The van der Waals surface area contributed by atoms with Crippen LogP contribution in [0.25, 0.3) is 0 Å². The lowest BCUT2D eigenvalue weighted by Gasteiger charge is -2.19. The molecule has 1 aromatic carbocycles. The van der Waals surface area contributed by atoms with E-state index in [2.05, 4.69) is 35.5 Å². The molecule has 1 atom stereocenters. The molecule has 1 saturated heterocycles. The Balaban J connectivity index is 1.39. The van der Waals surface area contributed by atoms with Crippen molar-refractivity contribution in [1.29, 1.82) is 0 Å². The second kappa shape index (κ2) is 8.49. The molecular weight excluding hydrogens is 410 g/mol. The largest absolute Gasteiger partial charge is 0.375 e. The molecule has 1 fully saturated rings. The van der Waals surface area contributed by atoms with E-state index in [0.29, 0.717) is 18.0 Å². The highest BCUT2D eigenvalue weighted by Gasteiger charge is 2.31. The van der Waals surface area contributed by atoms with Gasteiger partial charge < -0.3 is 15.1 Å². The Kier molecular flexibility index (Phi) is 6.01. The van der Waals surface area contributed by atoms with Gasteiger partial charge in [0.15, 0.2) is 0 Å². The lowest BCUT2D eigenvalue weighted by atomic mass is 10.0. The fourth-order valence-corrected chi connectivity index (χ4v) is 5.16. The van der Waals surface area contributed by atoms with Crippen molar-refractivity contribution in [3.05, 3.63) is 50.7 Å². The molecule has 0 bridgehead atoms. The number of fused-ring (bicyclic) bond motifs is 1. The third kappa shape index (κ3) is 4.40. The third-order valence-corrected chi connectivity index (χ3v) is 7.32. The van der Waals surface area contributed by atoms with Gasteiger partial charge in [0.05, 0.1) is 9.21 Å². The number of nitrogens with one attached hydrogen (secondary N) is 1. The molecule has 0 spiro atoms. The van der Waals surface area contributed by atoms with Crippen molar-refractivity contribution in [2.75, 3.05) is 38.1 Å². The average Bonchev–Trinajstić information content (AvgIpc) is 3.23. The standard InChI is InChI=1S/C21H24ClN3OS2/c1-24-8-6-15-2-3-17(11-16(15)7-9-24)25-13-14(10-20(25)26)12-23-21(27)18-4-5-19(22)28-18/h2-5,11,14H,6-10,12-13H2,1H3,(H,23,27). The molecule has 4 rings (SSSR count). The van der Waals surface area contributed by atoms with Gasteiger partial charge in [0.25, 0.3) is 0 Å². The molecule has 1 N–H and O–H groups in total. The average molecular weight is 434 g/mol. The Hall–Kier alpha value is -1.47. The third-order valence-electron chi connectivity index (χ3n) is 5.58. The molecule has 0 aliphatic carbocycles. The second-order valence-corrected chi connectivity index (χ2v) is 9.77. The number of thiophene rings is 1. The van der Waals surface area contributed by atoms with E-state index in [1.807, 2.05) is 17.0 Å². The van der Waals surface area contributed by atoms with Crippen molar-refractivity contribution in [2.45, 2.75) is 19.3 Å². The molecule has 0 radical (unpaired) electrons. The van der Waals surface area contributed by atoms with Crippen molar-refractivity contribution in [2.24, 2.45) is 5.92 Å². The smallest absolute Gasteiger partial charge is 0.227 e. The molecule has 0 saturated carbocycles. The number of hydrogen-bond donors (Lipinski definition) is 1. The maximum absolute atomic E-state index is 12.6. The highest BCUT2D eigenvalue weighted by Crippen LogP contribution is 2.28. The summed E-state index contributed by atoms with van der Waals surface area (Å²) in [6, 6.07) is 10.3. The lowest BCUT2D eigenvalue weighted by molar-refractivity contribution is -0.117.